The molecule has 0 atom stereocenters. The Hall–Kier alpha value is -1.35. The van der Waals surface area contributed by atoms with E-state index in [-0.39, 0.29) is 13.1 Å². The number of carbonyl (C=O) groups excluding carboxylic acids is 1. The van der Waals surface area contributed by atoms with Gasteiger partial charge in [-0.15, -0.1) is 0 Å². The first-order valence-corrected chi connectivity index (χ1v) is 5.39. The van der Waals surface area contributed by atoms with Crippen LogP contribution in [0.2, 0.25) is 0 Å². The van der Waals surface area contributed by atoms with Gasteiger partial charge >= 0.3 is 12.1 Å². The molecule has 0 aliphatic carbocycles. The number of nitrogens with zero attached hydrogens (tertiary/aromatic N) is 1. The molecule has 1 fully saturated rings. The minimum absolute atomic E-state index is 0.133. The van der Waals surface area contributed by atoms with Crippen molar-refractivity contribution in [1.29, 1.82) is 0 Å². The van der Waals surface area contributed by atoms with E-state index < -0.39 is 43.5 Å². The molecule has 0 aromatic rings. The molecule has 0 aromatic heterocycles. The number of halogens is 3. The van der Waals surface area contributed by atoms with Crippen LogP contribution in [0.25, 0.3) is 0 Å². The third-order valence-corrected chi connectivity index (χ3v) is 2.44. The number of aliphatic carboxylic acids is 1. The summed E-state index contributed by atoms with van der Waals surface area (Å²) in [6.45, 7) is -0.726. The Kier molecular flexibility index (Phi) is 4.75. The van der Waals surface area contributed by atoms with Gasteiger partial charge in [-0.2, -0.15) is 13.2 Å². The lowest BCUT2D eigenvalue weighted by Crippen LogP contribution is -2.64. The molecule has 110 valence electrons. The van der Waals surface area contributed by atoms with Gasteiger partial charge in [-0.1, -0.05) is 0 Å². The Balaban J connectivity index is 2.22. The lowest BCUT2D eigenvalue weighted by Gasteiger charge is -2.47. The first kappa shape index (κ1) is 15.7. The van der Waals surface area contributed by atoms with Gasteiger partial charge in [0.1, 0.15) is 25.4 Å². The molecular formula is C10H14F3NO5. The van der Waals surface area contributed by atoms with Gasteiger partial charge in [0.05, 0.1) is 13.1 Å². The number of ether oxygens (including phenoxy) is 2. The van der Waals surface area contributed by atoms with Gasteiger partial charge in [-0.3, -0.25) is 4.79 Å². The van der Waals surface area contributed by atoms with Crippen LogP contribution in [0.15, 0.2) is 0 Å². The summed E-state index contributed by atoms with van der Waals surface area (Å²) in [5.74, 6) is -1.71. The van der Waals surface area contributed by atoms with E-state index in [4.69, 9.17) is 9.84 Å². The monoisotopic (exact) mass is 285 g/mol. The van der Waals surface area contributed by atoms with E-state index in [0.29, 0.717) is 0 Å². The third kappa shape index (κ3) is 5.43. The summed E-state index contributed by atoms with van der Waals surface area (Å²) in [5, 5.41) is 8.43. The van der Waals surface area contributed by atoms with Crippen LogP contribution < -0.4 is 0 Å². The van der Waals surface area contributed by atoms with Crippen molar-refractivity contribution in [3.05, 3.63) is 0 Å². The van der Waals surface area contributed by atoms with Crippen molar-refractivity contribution in [2.24, 2.45) is 0 Å². The van der Waals surface area contributed by atoms with Gasteiger partial charge in [-0.25, -0.2) is 4.79 Å². The number of hydrogen-bond acceptors (Lipinski definition) is 4. The number of carbonyl (C=O) groups is 2. The van der Waals surface area contributed by atoms with E-state index in [1.807, 2.05) is 0 Å². The molecule has 0 unspecified atom stereocenters. The summed E-state index contributed by atoms with van der Waals surface area (Å²) in [6.07, 6.45) is -4.46. The van der Waals surface area contributed by atoms with Gasteiger partial charge in [0, 0.05) is 0 Å². The first-order valence-electron chi connectivity index (χ1n) is 5.39. The molecule has 0 spiro atoms. The molecule has 1 amide bonds. The highest BCUT2D eigenvalue weighted by Crippen LogP contribution is 2.24. The van der Waals surface area contributed by atoms with E-state index in [9.17, 15) is 22.8 Å². The topological polar surface area (TPSA) is 76.1 Å². The average Bonchev–Trinajstić information content (AvgIpc) is 2.20. The van der Waals surface area contributed by atoms with Gasteiger partial charge < -0.3 is 19.5 Å². The van der Waals surface area contributed by atoms with E-state index in [2.05, 4.69) is 4.74 Å². The van der Waals surface area contributed by atoms with Gasteiger partial charge in [0.25, 0.3) is 0 Å². The maximum absolute atomic E-state index is 11.8. The number of rotatable bonds is 6. The van der Waals surface area contributed by atoms with Crippen LogP contribution in [-0.2, 0) is 19.1 Å². The van der Waals surface area contributed by atoms with Crippen LogP contribution in [0.3, 0.4) is 0 Å². The number of carboxylic acids is 1. The fraction of sp³-hybridized carbons (Fsp3) is 0.800. The zero-order valence-electron chi connectivity index (χ0n) is 10.2. The Morgan fingerprint density at radius 3 is 2.37 bits per heavy atom. The second-order valence-corrected chi connectivity index (χ2v) is 4.49. The fourth-order valence-corrected chi connectivity index (χ4v) is 1.61. The summed E-state index contributed by atoms with van der Waals surface area (Å²) < 4.78 is 44.6. The van der Waals surface area contributed by atoms with Gasteiger partial charge in [0.15, 0.2) is 0 Å². The van der Waals surface area contributed by atoms with E-state index in [1.165, 1.54) is 4.90 Å². The number of alkyl halides is 3. The molecule has 1 heterocycles. The molecule has 6 nitrogen and oxygen atoms in total. The molecule has 1 saturated heterocycles. The van der Waals surface area contributed by atoms with E-state index in [0.717, 1.165) is 0 Å². The normalized spacial score (nSPS) is 18.0. The van der Waals surface area contributed by atoms with Crippen LogP contribution >= 0.6 is 0 Å². The minimum atomic E-state index is -4.46. The summed E-state index contributed by atoms with van der Waals surface area (Å²) in [4.78, 5) is 23.0. The van der Waals surface area contributed by atoms with Crippen LogP contribution in [0, 0.1) is 0 Å². The van der Waals surface area contributed by atoms with Crippen molar-refractivity contribution in [2.45, 2.75) is 18.7 Å². The van der Waals surface area contributed by atoms with E-state index in [1.54, 1.807) is 6.92 Å². The molecule has 19 heavy (non-hydrogen) atoms. The predicted molar refractivity (Wildman–Crippen MR) is 55.4 cm³/mol. The molecule has 1 aliphatic heterocycles. The number of carboxylic acid groups (broad SMARTS) is 1. The third-order valence-electron chi connectivity index (χ3n) is 2.44. The van der Waals surface area contributed by atoms with Crippen molar-refractivity contribution in [2.75, 3.05) is 32.9 Å². The molecule has 1 N–H and O–H groups in total. The Bertz CT molecular complexity index is 352. The SMILES string of the molecule is CC1(OCC(=O)O)CN(C(=O)COCC(F)(F)F)C1. The number of likely N-dealkylation sites (tertiary alicyclic amines) is 1. The van der Waals surface area contributed by atoms with Crippen molar-refractivity contribution < 1.29 is 37.3 Å². The summed E-state index contributed by atoms with van der Waals surface area (Å²) in [5.41, 5.74) is -0.766. The van der Waals surface area contributed by atoms with Crippen molar-refractivity contribution in [3.8, 4) is 0 Å². The zero-order chi connectivity index (χ0) is 14.7. The van der Waals surface area contributed by atoms with Crippen LogP contribution in [0.1, 0.15) is 6.92 Å². The van der Waals surface area contributed by atoms with Crippen molar-refractivity contribution in [1.82, 2.24) is 4.90 Å². The largest absolute Gasteiger partial charge is 0.480 e. The molecule has 9 heteroatoms. The van der Waals surface area contributed by atoms with Gasteiger partial charge in [0.2, 0.25) is 5.91 Å². The van der Waals surface area contributed by atoms with E-state index >= 15 is 0 Å². The molecule has 0 saturated carbocycles. The van der Waals surface area contributed by atoms with Crippen molar-refractivity contribution in [3.63, 3.8) is 0 Å². The highest BCUT2D eigenvalue weighted by atomic mass is 19.4. The molecule has 0 aromatic carbocycles. The Morgan fingerprint density at radius 1 is 1.32 bits per heavy atom. The predicted octanol–water partition coefficient (Wildman–Crippen LogP) is 0.267. The quantitative estimate of drug-likeness (QED) is 0.758. The average molecular weight is 285 g/mol. The highest BCUT2D eigenvalue weighted by molar-refractivity contribution is 5.78. The molecular weight excluding hydrogens is 271 g/mol. The second kappa shape index (κ2) is 5.74. The maximum Gasteiger partial charge on any atom is 0.411 e. The van der Waals surface area contributed by atoms with Crippen LogP contribution in [-0.4, -0.2) is 66.6 Å². The van der Waals surface area contributed by atoms with Crippen LogP contribution in [0.4, 0.5) is 13.2 Å². The summed E-state index contributed by atoms with van der Waals surface area (Å²) in [7, 11) is 0. The van der Waals surface area contributed by atoms with Crippen LogP contribution in [0.5, 0.6) is 0 Å². The number of hydrogen-bond donors (Lipinski definition) is 1. The molecule has 1 rings (SSSR count). The lowest BCUT2D eigenvalue weighted by molar-refractivity contribution is -0.187. The standard InChI is InChI=1S/C10H14F3NO5/c1-9(19-3-8(16)17)4-14(5-9)7(15)2-18-6-10(11,12)13/h2-6H2,1H3,(H,16,17). The second-order valence-electron chi connectivity index (χ2n) is 4.49. The minimum Gasteiger partial charge on any atom is -0.480 e. The number of amides is 1. The fourth-order valence-electron chi connectivity index (χ4n) is 1.61. The Morgan fingerprint density at radius 2 is 1.89 bits per heavy atom. The summed E-state index contributed by atoms with van der Waals surface area (Å²) >= 11 is 0. The summed E-state index contributed by atoms with van der Waals surface area (Å²) in [6, 6.07) is 0. The smallest absolute Gasteiger partial charge is 0.411 e. The molecule has 0 radical (unpaired) electrons. The zero-order valence-corrected chi connectivity index (χ0v) is 10.2. The maximum atomic E-state index is 11.8. The highest BCUT2D eigenvalue weighted by Gasteiger charge is 2.42. The Labute approximate surface area is 107 Å². The first-order chi connectivity index (χ1) is 8.61. The molecule has 1 aliphatic rings. The molecule has 0 bridgehead atoms. The van der Waals surface area contributed by atoms with Gasteiger partial charge in [-0.05, 0) is 6.92 Å². The lowest BCUT2D eigenvalue weighted by atomic mass is 9.96. The van der Waals surface area contributed by atoms with Crippen molar-refractivity contribution >= 4 is 11.9 Å².